The Balaban J connectivity index is 1.06. The molecule has 13 rings (SSSR count). The minimum atomic E-state index is -0.0311. The number of anilines is 3. The molecule has 1 aromatic heterocycles. The number of nitrogens with zero attached hydrogens (tertiary/aromatic N) is 2. The molecule has 0 aliphatic carbocycles. The molecule has 0 bridgehead atoms. The molecule has 0 N–H and O–H groups in total. The van der Waals surface area contributed by atoms with Gasteiger partial charge in [0.25, 0.3) is 0 Å². The highest BCUT2D eigenvalue weighted by Gasteiger charge is 2.26. The lowest BCUT2D eigenvalue weighted by molar-refractivity contribution is 0.569. The van der Waals surface area contributed by atoms with Crippen LogP contribution in [-0.2, 0) is 10.8 Å². The van der Waals surface area contributed by atoms with Crippen LogP contribution in [0.2, 0.25) is 0 Å². The van der Waals surface area contributed by atoms with E-state index < -0.39 is 0 Å². The second kappa shape index (κ2) is 19.4. The first-order valence-electron chi connectivity index (χ1n) is 27.4. The maximum atomic E-state index is 2.53. The van der Waals surface area contributed by atoms with Gasteiger partial charge in [0, 0.05) is 33.3 Å². The van der Waals surface area contributed by atoms with E-state index in [9.17, 15) is 0 Å². The van der Waals surface area contributed by atoms with Crippen LogP contribution >= 0.6 is 0 Å². The highest BCUT2D eigenvalue weighted by Crippen LogP contribution is 2.50. The molecule has 0 aliphatic rings. The third-order valence-corrected chi connectivity index (χ3v) is 15.9. The lowest BCUT2D eigenvalue weighted by Crippen LogP contribution is -2.16. The Morgan fingerprint density at radius 3 is 1.53 bits per heavy atom. The van der Waals surface area contributed by atoms with Crippen molar-refractivity contribution in [3.05, 3.63) is 278 Å². The molecule has 376 valence electrons. The first-order valence-corrected chi connectivity index (χ1v) is 27.4. The van der Waals surface area contributed by atoms with Crippen LogP contribution in [0.25, 0.3) is 105 Å². The zero-order chi connectivity index (χ0) is 53.1. The monoisotopic (exact) mass is 1000 g/mol. The molecule has 12 aromatic carbocycles. The maximum Gasteiger partial charge on any atom is 0.0547 e. The molecule has 0 radical (unpaired) electrons. The molecular formula is C76H62N2. The molecule has 0 fully saturated rings. The van der Waals surface area contributed by atoms with E-state index in [0.29, 0.717) is 0 Å². The summed E-state index contributed by atoms with van der Waals surface area (Å²) in [7, 11) is 0. The molecule has 0 atom stereocenters. The van der Waals surface area contributed by atoms with E-state index in [-0.39, 0.29) is 10.8 Å². The number of rotatable bonds is 9. The molecule has 0 saturated carbocycles. The fourth-order valence-electron chi connectivity index (χ4n) is 11.9. The van der Waals surface area contributed by atoms with Crippen LogP contribution in [0.3, 0.4) is 0 Å². The van der Waals surface area contributed by atoms with Crippen LogP contribution in [-0.4, -0.2) is 4.57 Å². The summed E-state index contributed by atoms with van der Waals surface area (Å²) in [5.41, 5.74) is 21.2. The molecule has 0 aliphatic heterocycles. The third kappa shape index (κ3) is 8.64. The van der Waals surface area contributed by atoms with Crippen LogP contribution in [0.15, 0.2) is 267 Å². The summed E-state index contributed by atoms with van der Waals surface area (Å²) in [6, 6.07) is 99.0. The van der Waals surface area contributed by atoms with Gasteiger partial charge in [-0.1, -0.05) is 260 Å². The molecule has 2 heteroatoms. The van der Waals surface area contributed by atoms with Crippen molar-refractivity contribution in [1.29, 1.82) is 0 Å². The molecule has 0 saturated heterocycles. The van der Waals surface area contributed by atoms with Crippen molar-refractivity contribution >= 4 is 60.4 Å². The van der Waals surface area contributed by atoms with E-state index in [0.717, 1.165) is 50.6 Å². The zero-order valence-corrected chi connectivity index (χ0v) is 45.3. The Morgan fingerprint density at radius 2 is 0.808 bits per heavy atom. The van der Waals surface area contributed by atoms with Gasteiger partial charge in [-0.2, -0.15) is 0 Å². The molecule has 0 unspecified atom stereocenters. The topological polar surface area (TPSA) is 8.17 Å². The first kappa shape index (κ1) is 48.4. The number of benzene rings is 12. The average molecular weight is 1000 g/mol. The predicted octanol–water partition coefficient (Wildman–Crippen LogP) is 21.5. The summed E-state index contributed by atoms with van der Waals surface area (Å²) in [5, 5.41) is 7.38. The van der Waals surface area contributed by atoms with Gasteiger partial charge in [0.2, 0.25) is 0 Å². The number of fused-ring (bicyclic) bond motifs is 5. The van der Waals surface area contributed by atoms with Gasteiger partial charge < -0.3 is 9.47 Å². The van der Waals surface area contributed by atoms with Gasteiger partial charge in [0.05, 0.1) is 22.4 Å². The Hall–Kier alpha value is -9.24. The van der Waals surface area contributed by atoms with Crippen molar-refractivity contribution in [3.8, 4) is 61.3 Å². The van der Waals surface area contributed by atoms with E-state index in [1.807, 2.05) is 0 Å². The fraction of sp³-hybridized carbons (Fsp3) is 0.105. The lowest BCUT2D eigenvalue weighted by Gasteiger charge is -2.31. The Kier molecular flexibility index (Phi) is 12.0. The van der Waals surface area contributed by atoms with Crippen molar-refractivity contribution in [2.24, 2.45) is 0 Å². The largest absolute Gasteiger partial charge is 0.309 e. The zero-order valence-electron chi connectivity index (χ0n) is 45.3. The van der Waals surface area contributed by atoms with Crippen molar-refractivity contribution < 1.29 is 0 Å². The summed E-state index contributed by atoms with van der Waals surface area (Å²) in [4.78, 5) is 2.53. The van der Waals surface area contributed by atoms with Crippen LogP contribution in [0.1, 0.15) is 52.7 Å². The summed E-state index contributed by atoms with van der Waals surface area (Å²) in [6.45, 7) is 14.0. The predicted molar refractivity (Wildman–Crippen MR) is 335 cm³/mol. The fourth-order valence-corrected chi connectivity index (χ4v) is 11.9. The molecule has 78 heavy (non-hydrogen) atoms. The number of hydrogen-bond donors (Lipinski definition) is 0. The van der Waals surface area contributed by atoms with Crippen molar-refractivity contribution in [1.82, 2.24) is 4.57 Å². The quantitative estimate of drug-likeness (QED) is 0.140. The third-order valence-electron chi connectivity index (χ3n) is 15.9. The number of hydrogen-bond acceptors (Lipinski definition) is 1. The summed E-state index contributed by atoms with van der Waals surface area (Å²) >= 11 is 0. The van der Waals surface area contributed by atoms with E-state index in [4.69, 9.17) is 0 Å². The Bertz CT molecular complexity index is 4330. The van der Waals surface area contributed by atoms with Crippen LogP contribution < -0.4 is 4.90 Å². The van der Waals surface area contributed by atoms with Gasteiger partial charge in [-0.15, -0.1) is 0 Å². The van der Waals surface area contributed by atoms with Gasteiger partial charge in [0.1, 0.15) is 0 Å². The van der Waals surface area contributed by atoms with E-state index in [1.165, 1.54) is 82.3 Å². The second-order valence-corrected chi connectivity index (χ2v) is 22.9. The van der Waals surface area contributed by atoms with Crippen LogP contribution in [0.5, 0.6) is 0 Å². The smallest absolute Gasteiger partial charge is 0.0547 e. The highest BCUT2D eigenvalue weighted by atomic mass is 15.1. The maximum absolute atomic E-state index is 2.53. The number of para-hydroxylation sites is 3. The molecule has 0 amide bonds. The van der Waals surface area contributed by atoms with Crippen molar-refractivity contribution in [2.75, 3.05) is 4.90 Å². The first-order chi connectivity index (χ1) is 38.0. The molecule has 2 nitrogen and oxygen atoms in total. The van der Waals surface area contributed by atoms with Gasteiger partial charge in [-0.25, -0.2) is 0 Å². The van der Waals surface area contributed by atoms with Gasteiger partial charge in [0.15, 0.2) is 0 Å². The molecule has 13 aromatic rings. The number of aromatic nitrogens is 1. The van der Waals surface area contributed by atoms with E-state index in [2.05, 4.69) is 318 Å². The lowest BCUT2D eigenvalue weighted by atomic mass is 9.78. The van der Waals surface area contributed by atoms with Crippen molar-refractivity contribution in [2.45, 2.75) is 52.4 Å². The summed E-state index contributed by atoms with van der Waals surface area (Å²) in [6.07, 6.45) is 0. The Morgan fingerprint density at radius 1 is 0.295 bits per heavy atom. The molecule has 0 spiro atoms. The van der Waals surface area contributed by atoms with Crippen molar-refractivity contribution in [3.63, 3.8) is 0 Å². The summed E-state index contributed by atoms with van der Waals surface area (Å²) < 4.78 is 2.40. The van der Waals surface area contributed by atoms with Gasteiger partial charge in [-0.05, 0) is 137 Å². The highest BCUT2D eigenvalue weighted by molar-refractivity contribution is 6.16. The standard InChI is InChI=1S/C76H62N2/c1-75(2,3)57-47-56(48-58(50-57)76(4,5)6)65-35-20-27-54-28-21-37-67(73(54)65)66-32-15-17-38-69(66)78(72-49-55(43-46-63(72)52-23-9-7-10-24-52)62-34-19-26-51-25-13-14-31-61(51)62)60-44-41-53(42-45-60)64-36-22-40-71-74(64)68-33-16-18-39-70(68)77(71)59-29-11-8-12-30-59/h7-50H,1-6H3. The normalized spacial score (nSPS) is 12.0. The van der Waals surface area contributed by atoms with Gasteiger partial charge >= 0.3 is 0 Å². The minimum Gasteiger partial charge on any atom is -0.309 e. The molecular weight excluding hydrogens is 941 g/mol. The van der Waals surface area contributed by atoms with Crippen LogP contribution in [0.4, 0.5) is 17.1 Å². The Labute approximate surface area is 459 Å². The van der Waals surface area contributed by atoms with Crippen LogP contribution in [0, 0.1) is 0 Å². The SMILES string of the molecule is CC(C)(C)c1cc(-c2cccc3cccc(-c4ccccc4N(c4ccc(-c5cccc6c5c5ccccc5n6-c5ccccc5)cc4)c4cc(-c5cccc6ccccc56)ccc4-c4ccccc4)c23)cc(C(C)(C)C)c1. The van der Waals surface area contributed by atoms with E-state index >= 15 is 0 Å². The average Bonchev–Trinajstić information content (AvgIpc) is 4.02. The van der Waals surface area contributed by atoms with Gasteiger partial charge in [-0.3, -0.25) is 0 Å². The second-order valence-electron chi connectivity index (χ2n) is 22.9. The van der Waals surface area contributed by atoms with E-state index in [1.54, 1.807) is 0 Å². The minimum absolute atomic E-state index is 0.0311. The molecule has 1 heterocycles. The summed E-state index contributed by atoms with van der Waals surface area (Å²) in [5.74, 6) is 0.